The fourth-order valence-corrected chi connectivity index (χ4v) is 2.72. The third kappa shape index (κ3) is 4.21. The number of amides is 2. The molecular weight excluding hydrogens is 302 g/mol. The molecule has 2 N–H and O–H groups in total. The van der Waals surface area contributed by atoms with E-state index in [4.69, 9.17) is 11.6 Å². The lowest BCUT2D eigenvalue weighted by atomic mass is 10.0. The Morgan fingerprint density at radius 3 is 2.86 bits per heavy atom. The molecule has 0 radical (unpaired) electrons. The summed E-state index contributed by atoms with van der Waals surface area (Å²) in [5, 5.41) is 6.26. The van der Waals surface area contributed by atoms with Crippen LogP contribution in [0.5, 0.6) is 0 Å². The van der Waals surface area contributed by atoms with Crippen molar-refractivity contribution in [3.8, 4) is 0 Å². The van der Waals surface area contributed by atoms with Crippen LogP contribution in [0.3, 0.4) is 0 Å². The summed E-state index contributed by atoms with van der Waals surface area (Å²) in [5.74, 6) is 0.212. The number of halogens is 1. The van der Waals surface area contributed by atoms with E-state index in [0.717, 1.165) is 5.56 Å². The average molecular weight is 324 g/mol. The van der Waals surface area contributed by atoms with Crippen molar-refractivity contribution in [1.82, 2.24) is 15.5 Å². The minimum absolute atomic E-state index is 0.0690. The van der Waals surface area contributed by atoms with Gasteiger partial charge in [-0.25, -0.2) is 0 Å². The van der Waals surface area contributed by atoms with Crippen LogP contribution >= 0.6 is 11.6 Å². The van der Waals surface area contributed by atoms with E-state index in [-0.39, 0.29) is 18.4 Å². The molecule has 1 aromatic rings. The lowest BCUT2D eigenvalue weighted by Crippen LogP contribution is -2.52. The van der Waals surface area contributed by atoms with Gasteiger partial charge < -0.3 is 10.6 Å². The molecule has 0 spiro atoms. The number of hydrogen-bond acceptors (Lipinski definition) is 3. The third-order valence-electron chi connectivity index (χ3n) is 3.57. The third-order valence-corrected chi connectivity index (χ3v) is 3.91. The van der Waals surface area contributed by atoms with Crippen molar-refractivity contribution in [3.05, 3.63) is 34.9 Å². The molecule has 1 aliphatic heterocycles. The number of rotatable bonds is 5. The van der Waals surface area contributed by atoms with E-state index >= 15 is 0 Å². The fraction of sp³-hybridized carbons (Fsp3) is 0.500. The second-order valence-corrected chi connectivity index (χ2v) is 6.29. The molecule has 0 aromatic heterocycles. The molecule has 6 heteroatoms. The lowest BCUT2D eigenvalue weighted by Gasteiger charge is -2.35. The maximum absolute atomic E-state index is 12.3. The first-order valence-corrected chi connectivity index (χ1v) is 7.89. The number of benzene rings is 1. The van der Waals surface area contributed by atoms with Gasteiger partial charge in [0.1, 0.15) is 6.04 Å². The van der Waals surface area contributed by atoms with E-state index in [1.807, 2.05) is 36.9 Å². The van der Waals surface area contributed by atoms with E-state index in [1.165, 1.54) is 0 Å². The minimum Gasteiger partial charge on any atom is -0.355 e. The van der Waals surface area contributed by atoms with E-state index in [9.17, 15) is 9.59 Å². The molecule has 0 aliphatic carbocycles. The van der Waals surface area contributed by atoms with Crippen LogP contribution in [0.2, 0.25) is 5.02 Å². The summed E-state index contributed by atoms with van der Waals surface area (Å²) in [4.78, 5) is 26.2. The highest BCUT2D eigenvalue weighted by molar-refractivity contribution is 6.31. The summed E-state index contributed by atoms with van der Waals surface area (Å²) in [5.41, 5.74) is 0.734. The zero-order chi connectivity index (χ0) is 16.1. The van der Waals surface area contributed by atoms with Crippen LogP contribution < -0.4 is 10.6 Å². The molecule has 0 saturated carbocycles. The standard InChI is InChI=1S/C16H22ClN3O2/c1-11(2)9-19-14(21)10-20-8-7-18-16(22)15(20)12-5-3-4-6-13(12)17/h3-6,11,15H,7-10H2,1-2H3,(H,18,22)(H,19,21)/t15-/m0/s1. The molecule has 1 saturated heterocycles. The lowest BCUT2D eigenvalue weighted by molar-refractivity contribution is -0.131. The quantitative estimate of drug-likeness (QED) is 0.865. The molecule has 1 aliphatic rings. The Bertz CT molecular complexity index is 548. The van der Waals surface area contributed by atoms with Gasteiger partial charge in [-0.05, 0) is 17.5 Å². The second-order valence-electron chi connectivity index (χ2n) is 5.88. The smallest absolute Gasteiger partial charge is 0.242 e. The molecule has 2 rings (SSSR count). The molecule has 0 unspecified atom stereocenters. The van der Waals surface area contributed by atoms with E-state index in [2.05, 4.69) is 10.6 Å². The topological polar surface area (TPSA) is 61.4 Å². The Labute approximate surface area is 136 Å². The SMILES string of the molecule is CC(C)CNC(=O)CN1CCNC(=O)[C@@H]1c1ccccc1Cl. The van der Waals surface area contributed by atoms with Gasteiger partial charge in [-0.2, -0.15) is 0 Å². The molecule has 1 aromatic carbocycles. The van der Waals surface area contributed by atoms with Crippen molar-refractivity contribution >= 4 is 23.4 Å². The summed E-state index contributed by atoms with van der Waals surface area (Å²) in [6, 6.07) is 6.74. The van der Waals surface area contributed by atoms with Crippen LogP contribution in [-0.4, -0.2) is 42.9 Å². The van der Waals surface area contributed by atoms with Crippen molar-refractivity contribution in [2.75, 3.05) is 26.2 Å². The van der Waals surface area contributed by atoms with Crippen molar-refractivity contribution in [3.63, 3.8) is 0 Å². The average Bonchev–Trinajstić information content (AvgIpc) is 2.47. The van der Waals surface area contributed by atoms with Gasteiger partial charge in [-0.3, -0.25) is 14.5 Å². The first kappa shape index (κ1) is 16.8. The first-order valence-electron chi connectivity index (χ1n) is 7.52. The predicted octanol–water partition coefficient (Wildman–Crippen LogP) is 1.59. The zero-order valence-corrected chi connectivity index (χ0v) is 13.7. The number of nitrogens with zero attached hydrogens (tertiary/aromatic N) is 1. The molecule has 1 atom stereocenters. The van der Waals surface area contributed by atoms with Crippen molar-refractivity contribution in [2.24, 2.45) is 5.92 Å². The molecule has 0 bridgehead atoms. The maximum Gasteiger partial charge on any atom is 0.242 e. The number of nitrogens with one attached hydrogen (secondary N) is 2. The van der Waals surface area contributed by atoms with E-state index < -0.39 is 6.04 Å². The van der Waals surface area contributed by atoms with Gasteiger partial charge in [0.05, 0.1) is 6.54 Å². The number of carbonyl (C=O) groups excluding carboxylic acids is 2. The van der Waals surface area contributed by atoms with Crippen LogP contribution in [0.25, 0.3) is 0 Å². The van der Waals surface area contributed by atoms with Crippen molar-refractivity contribution in [1.29, 1.82) is 0 Å². The Balaban J connectivity index is 2.12. The van der Waals surface area contributed by atoms with E-state index in [0.29, 0.717) is 30.6 Å². The highest BCUT2D eigenvalue weighted by Crippen LogP contribution is 2.28. The largest absolute Gasteiger partial charge is 0.355 e. The van der Waals surface area contributed by atoms with Gasteiger partial charge in [-0.15, -0.1) is 0 Å². The Hall–Kier alpha value is -1.59. The normalized spacial score (nSPS) is 19.1. The molecule has 1 fully saturated rings. The van der Waals surface area contributed by atoms with Gasteiger partial charge in [0.2, 0.25) is 11.8 Å². The van der Waals surface area contributed by atoms with Crippen molar-refractivity contribution < 1.29 is 9.59 Å². The van der Waals surface area contributed by atoms with Crippen molar-refractivity contribution in [2.45, 2.75) is 19.9 Å². The summed E-state index contributed by atoms with van der Waals surface area (Å²) in [7, 11) is 0. The number of hydrogen-bond donors (Lipinski definition) is 2. The van der Waals surface area contributed by atoms with Gasteiger partial charge >= 0.3 is 0 Å². The molecular formula is C16H22ClN3O2. The maximum atomic E-state index is 12.3. The van der Waals surface area contributed by atoms with Gasteiger partial charge in [0, 0.05) is 24.7 Å². The van der Waals surface area contributed by atoms with Crippen LogP contribution in [0.15, 0.2) is 24.3 Å². The summed E-state index contributed by atoms with van der Waals surface area (Å²) in [6.07, 6.45) is 0. The second kappa shape index (κ2) is 7.61. The Morgan fingerprint density at radius 2 is 2.18 bits per heavy atom. The Kier molecular flexibility index (Phi) is 5.80. The molecule has 1 heterocycles. The highest BCUT2D eigenvalue weighted by Gasteiger charge is 2.33. The molecule has 2 amide bonds. The van der Waals surface area contributed by atoms with Gasteiger partial charge in [0.25, 0.3) is 0 Å². The molecule has 120 valence electrons. The molecule has 5 nitrogen and oxygen atoms in total. The first-order chi connectivity index (χ1) is 10.5. The number of carbonyl (C=O) groups is 2. The monoisotopic (exact) mass is 323 g/mol. The zero-order valence-electron chi connectivity index (χ0n) is 12.9. The number of piperazine rings is 1. The van der Waals surface area contributed by atoms with Crippen LogP contribution in [0.4, 0.5) is 0 Å². The highest BCUT2D eigenvalue weighted by atomic mass is 35.5. The van der Waals surface area contributed by atoms with E-state index in [1.54, 1.807) is 6.07 Å². The predicted molar refractivity (Wildman–Crippen MR) is 86.6 cm³/mol. The summed E-state index contributed by atoms with van der Waals surface area (Å²) in [6.45, 7) is 6.07. The molecule has 22 heavy (non-hydrogen) atoms. The van der Waals surface area contributed by atoms with Crippen LogP contribution in [0, 0.1) is 5.92 Å². The Morgan fingerprint density at radius 1 is 1.45 bits per heavy atom. The summed E-state index contributed by atoms with van der Waals surface area (Å²) < 4.78 is 0. The van der Waals surface area contributed by atoms with Crippen LogP contribution in [-0.2, 0) is 9.59 Å². The van der Waals surface area contributed by atoms with Gasteiger partial charge in [0.15, 0.2) is 0 Å². The fourth-order valence-electron chi connectivity index (χ4n) is 2.48. The minimum atomic E-state index is -0.521. The summed E-state index contributed by atoms with van der Waals surface area (Å²) >= 11 is 6.22. The van der Waals surface area contributed by atoms with Crippen LogP contribution in [0.1, 0.15) is 25.5 Å². The van der Waals surface area contributed by atoms with Gasteiger partial charge in [-0.1, -0.05) is 43.6 Å².